The number of hydrogen-bond acceptors (Lipinski definition) is 3. The Hall–Kier alpha value is -2.87. The van der Waals surface area contributed by atoms with Crippen molar-refractivity contribution >= 4 is 17.3 Å². The molecule has 2 aromatic carbocycles. The molecule has 0 heterocycles. The van der Waals surface area contributed by atoms with E-state index in [1.165, 1.54) is 12.1 Å². The highest BCUT2D eigenvalue weighted by Gasteiger charge is 2.13. The van der Waals surface area contributed by atoms with Crippen molar-refractivity contribution in [2.45, 2.75) is 6.92 Å². The van der Waals surface area contributed by atoms with Gasteiger partial charge in [-0.3, -0.25) is 4.79 Å². The molecule has 0 aliphatic heterocycles. The van der Waals surface area contributed by atoms with E-state index < -0.39 is 5.82 Å². The molecule has 21 heavy (non-hydrogen) atoms. The molecule has 2 rings (SSSR count). The van der Waals surface area contributed by atoms with Crippen molar-refractivity contribution < 1.29 is 9.18 Å². The van der Waals surface area contributed by atoms with Crippen LogP contribution in [-0.2, 0) is 0 Å². The number of nitrogens with one attached hydrogen (secondary N) is 2. The maximum Gasteiger partial charge on any atom is 0.257 e. The predicted octanol–water partition coefficient (Wildman–Crippen LogP) is 3.30. The summed E-state index contributed by atoms with van der Waals surface area (Å²) in [6.07, 6.45) is 0. The molecule has 0 radical (unpaired) electrons. The lowest BCUT2D eigenvalue weighted by Gasteiger charge is -2.11. The Morgan fingerprint density at radius 3 is 2.62 bits per heavy atom. The van der Waals surface area contributed by atoms with Gasteiger partial charge in [-0.2, -0.15) is 5.26 Å². The van der Waals surface area contributed by atoms with E-state index >= 15 is 0 Å². The Balaban J connectivity index is 2.33. The van der Waals surface area contributed by atoms with Gasteiger partial charge in [0.1, 0.15) is 11.9 Å². The number of halogens is 1. The first-order chi connectivity index (χ1) is 10.0. The maximum absolute atomic E-state index is 13.1. The smallest absolute Gasteiger partial charge is 0.257 e. The van der Waals surface area contributed by atoms with E-state index in [4.69, 9.17) is 5.26 Å². The third kappa shape index (κ3) is 3.18. The van der Waals surface area contributed by atoms with Crippen molar-refractivity contribution in [1.82, 2.24) is 0 Å². The number of anilines is 2. The summed E-state index contributed by atoms with van der Waals surface area (Å²) in [5.74, 6) is -0.877. The molecule has 0 aromatic heterocycles. The number of amides is 1. The minimum atomic E-state index is -0.518. The SMILES string of the molecule is CNc1cc(C)ccc1C(=O)Nc1ccc(F)cc1C#N. The highest BCUT2D eigenvalue weighted by molar-refractivity contribution is 6.08. The summed E-state index contributed by atoms with van der Waals surface area (Å²) in [6.45, 7) is 1.93. The lowest BCUT2D eigenvalue weighted by molar-refractivity contribution is 0.102. The summed E-state index contributed by atoms with van der Waals surface area (Å²) in [5, 5.41) is 14.6. The Kier molecular flexibility index (Phi) is 4.19. The van der Waals surface area contributed by atoms with Crippen LogP contribution in [0.5, 0.6) is 0 Å². The molecular formula is C16H14FN3O. The number of aryl methyl sites for hydroxylation is 1. The van der Waals surface area contributed by atoms with Gasteiger partial charge in [0.05, 0.1) is 16.8 Å². The van der Waals surface area contributed by atoms with Crippen molar-refractivity contribution in [1.29, 1.82) is 5.26 Å². The normalized spacial score (nSPS) is 9.81. The monoisotopic (exact) mass is 283 g/mol. The van der Waals surface area contributed by atoms with Crippen LogP contribution in [0.15, 0.2) is 36.4 Å². The molecule has 0 spiro atoms. The fourth-order valence-electron chi connectivity index (χ4n) is 1.97. The first-order valence-electron chi connectivity index (χ1n) is 6.34. The lowest BCUT2D eigenvalue weighted by atomic mass is 10.1. The van der Waals surface area contributed by atoms with Gasteiger partial charge < -0.3 is 10.6 Å². The average Bonchev–Trinajstić information content (AvgIpc) is 2.48. The van der Waals surface area contributed by atoms with Gasteiger partial charge in [-0.25, -0.2) is 4.39 Å². The van der Waals surface area contributed by atoms with Crippen molar-refractivity contribution in [3.8, 4) is 6.07 Å². The van der Waals surface area contributed by atoms with Crippen molar-refractivity contribution in [3.05, 3.63) is 58.9 Å². The largest absolute Gasteiger partial charge is 0.387 e. The third-order valence-electron chi connectivity index (χ3n) is 3.04. The molecule has 0 bridgehead atoms. The molecule has 5 heteroatoms. The molecular weight excluding hydrogens is 269 g/mol. The van der Waals surface area contributed by atoms with Crippen LogP contribution in [-0.4, -0.2) is 13.0 Å². The van der Waals surface area contributed by atoms with Gasteiger partial charge in [-0.05, 0) is 42.8 Å². The standard InChI is InChI=1S/C16H14FN3O/c1-10-3-5-13(15(7-10)19-2)16(21)20-14-6-4-12(17)8-11(14)9-18/h3-8,19H,1-2H3,(H,20,21). The number of rotatable bonds is 3. The number of nitrogens with zero attached hydrogens (tertiary/aromatic N) is 1. The van der Waals surface area contributed by atoms with Gasteiger partial charge in [-0.1, -0.05) is 6.07 Å². The highest BCUT2D eigenvalue weighted by atomic mass is 19.1. The molecule has 0 unspecified atom stereocenters. The summed E-state index contributed by atoms with van der Waals surface area (Å²) in [5.41, 5.74) is 2.54. The van der Waals surface area contributed by atoms with Crippen LogP contribution < -0.4 is 10.6 Å². The summed E-state index contributed by atoms with van der Waals surface area (Å²) in [7, 11) is 1.73. The van der Waals surface area contributed by atoms with Crippen LogP contribution in [0.25, 0.3) is 0 Å². The lowest BCUT2D eigenvalue weighted by Crippen LogP contribution is -2.15. The molecule has 0 atom stereocenters. The van der Waals surface area contributed by atoms with Gasteiger partial charge >= 0.3 is 0 Å². The molecule has 1 amide bonds. The van der Waals surface area contributed by atoms with E-state index in [1.54, 1.807) is 13.1 Å². The number of hydrogen-bond donors (Lipinski definition) is 2. The molecule has 2 aromatic rings. The van der Waals surface area contributed by atoms with E-state index in [9.17, 15) is 9.18 Å². The fourth-order valence-corrected chi connectivity index (χ4v) is 1.97. The highest BCUT2D eigenvalue weighted by Crippen LogP contribution is 2.21. The molecule has 106 valence electrons. The van der Waals surface area contributed by atoms with E-state index in [2.05, 4.69) is 10.6 Å². The molecule has 2 N–H and O–H groups in total. The molecule has 0 fully saturated rings. The van der Waals surface area contributed by atoms with Crippen LogP contribution in [0.3, 0.4) is 0 Å². The number of nitriles is 1. The van der Waals surface area contributed by atoms with Gasteiger partial charge in [0.15, 0.2) is 0 Å². The second kappa shape index (κ2) is 6.06. The van der Waals surface area contributed by atoms with Gasteiger partial charge in [0, 0.05) is 12.7 Å². The second-order valence-electron chi connectivity index (χ2n) is 4.55. The number of carbonyl (C=O) groups excluding carboxylic acids is 1. The Morgan fingerprint density at radius 2 is 1.95 bits per heavy atom. The molecule has 0 saturated carbocycles. The van der Waals surface area contributed by atoms with Crippen LogP contribution in [0.2, 0.25) is 0 Å². The number of benzene rings is 2. The Labute approximate surface area is 122 Å². The van der Waals surface area contributed by atoms with E-state index in [0.29, 0.717) is 11.3 Å². The Bertz CT molecular complexity index is 735. The summed E-state index contributed by atoms with van der Waals surface area (Å²) < 4.78 is 13.1. The minimum absolute atomic E-state index is 0.0847. The Morgan fingerprint density at radius 1 is 1.19 bits per heavy atom. The van der Waals surface area contributed by atoms with E-state index in [1.807, 2.05) is 25.1 Å². The summed E-state index contributed by atoms with van der Waals surface area (Å²) in [4.78, 5) is 12.3. The van der Waals surface area contributed by atoms with Gasteiger partial charge in [0.2, 0.25) is 0 Å². The first kappa shape index (κ1) is 14.5. The topological polar surface area (TPSA) is 64.9 Å². The average molecular weight is 283 g/mol. The minimum Gasteiger partial charge on any atom is -0.387 e. The van der Waals surface area contributed by atoms with Crippen molar-refractivity contribution in [2.24, 2.45) is 0 Å². The third-order valence-corrected chi connectivity index (χ3v) is 3.04. The van der Waals surface area contributed by atoms with E-state index in [0.717, 1.165) is 11.6 Å². The van der Waals surface area contributed by atoms with Crippen LogP contribution in [0, 0.1) is 24.1 Å². The van der Waals surface area contributed by atoms with Gasteiger partial charge in [0.25, 0.3) is 5.91 Å². The zero-order chi connectivity index (χ0) is 15.4. The molecule has 0 aliphatic carbocycles. The predicted molar refractivity (Wildman–Crippen MR) is 79.8 cm³/mol. The van der Waals surface area contributed by atoms with Crippen molar-refractivity contribution in [3.63, 3.8) is 0 Å². The van der Waals surface area contributed by atoms with E-state index in [-0.39, 0.29) is 17.2 Å². The first-order valence-corrected chi connectivity index (χ1v) is 6.34. The summed E-state index contributed by atoms with van der Waals surface area (Å²) >= 11 is 0. The fraction of sp³-hybridized carbons (Fsp3) is 0.125. The quantitative estimate of drug-likeness (QED) is 0.908. The van der Waals surface area contributed by atoms with Gasteiger partial charge in [-0.15, -0.1) is 0 Å². The second-order valence-corrected chi connectivity index (χ2v) is 4.55. The van der Waals surface area contributed by atoms with Crippen LogP contribution >= 0.6 is 0 Å². The maximum atomic E-state index is 13.1. The zero-order valence-corrected chi connectivity index (χ0v) is 11.7. The van der Waals surface area contributed by atoms with Crippen LogP contribution in [0.1, 0.15) is 21.5 Å². The van der Waals surface area contributed by atoms with Crippen LogP contribution in [0.4, 0.5) is 15.8 Å². The molecule has 4 nitrogen and oxygen atoms in total. The molecule has 0 saturated heterocycles. The number of carbonyl (C=O) groups is 1. The summed E-state index contributed by atoms with van der Waals surface area (Å²) in [6, 6.07) is 10.9. The molecule has 0 aliphatic rings. The zero-order valence-electron chi connectivity index (χ0n) is 11.7. The van der Waals surface area contributed by atoms with Crippen molar-refractivity contribution in [2.75, 3.05) is 17.7 Å².